The van der Waals surface area contributed by atoms with Crippen LogP contribution in [0, 0.1) is 24.5 Å². The molecule has 1 saturated carbocycles. The molecule has 8 nitrogen and oxygen atoms in total. The van der Waals surface area contributed by atoms with Crippen molar-refractivity contribution in [3.05, 3.63) is 70.1 Å². The van der Waals surface area contributed by atoms with Gasteiger partial charge >= 0.3 is 0 Å². The number of rotatable bonds is 6. The summed E-state index contributed by atoms with van der Waals surface area (Å²) in [5.41, 5.74) is 0.969. The Morgan fingerprint density at radius 1 is 1.16 bits per heavy atom. The number of H-pyrrole nitrogens is 1. The van der Waals surface area contributed by atoms with E-state index in [1.165, 1.54) is 18.3 Å². The minimum Gasteiger partial charge on any atom is -0.310 e. The molecule has 0 bridgehead atoms. The summed E-state index contributed by atoms with van der Waals surface area (Å²) in [6, 6.07) is 6.25. The van der Waals surface area contributed by atoms with E-state index in [4.69, 9.17) is 0 Å². The number of carbonyl (C=O) groups is 1. The summed E-state index contributed by atoms with van der Waals surface area (Å²) >= 11 is 0. The smallest absolute Gasteiger partial charge is 0.265 e. The lowest BCUT2D eigenvalue weighted by atomic mass is 10.0. The van der Waals surface area contributed by atoms with E-state index >= 15 is 0 Å². The standard InChI is InChI=1S/C21H18F2N4O4S/c1-11-10-24-18(26-21(29)12-2-3-12)9-15(11)13-6-19(25-20(28)7-13)27-32(30,31)17-5-4-14(22)8-16(17)23/h4-10,12H,2-3H2,1H3,(H,24,26,29)(H2,25,27,28). The summed E-state index contributed by atoms with van der Waals surface area (Å²) in [5.74, 6) is -2.25. The first kappa shape index (κ1) is 21.6. The topological polar surface area (TPSA) is 121 Å². The highest BCUT2D eigenvalue weighted by atomic mass is 32.2. The minimum absolute atomic E-state index is 0.0195. The molecular formula is C21H18F2N4O4S. The summed E-state index contributed by atoms with van der Waals surface area (Å²) in [4.78, 5) is 30.0. The molecule has 3 N–H and O–H groups in total. The molecule has 4 rings (SSSR count). The van der Waals surface area contributed by atoms with Crippen molar-refractivity contribution in [1.29, 1.82) is 0 Å². The monoisotopic (exact) mass is 460 g/mol. The van der Waals surface area contributed by atoms with Gasteiger partial charge in [0.05, 0.1) is 0 Å². The highest BCUT2D eigenvalue weighted by Gasteiger charge is 2.30. The average Bonchev–Trinajstić information content (AvgIpc) is 3.53. The molecule has 32 heavy (non-hydrogen) atoms. The Labute approximate surface area is 181 Å². The largest absolute Gasteiger partial charge is 0.310 e. The van der Waals surface area contributed by atoms with E-state index < -0.39 is 32.1 Å². The number of anilines is 2. The highest BCUT2D eigenvalue weighted by Crippen LogP contribution is 2.31. The van der Waals surface area contributed by atoms with Gasteiger partial charge in [-0.2, -0.15) is 0 Å². The molecule has 0 atom stereocenters. The van der Waals surface area contributed by atoms with Crippen LogP contribution < -0.4 is 15.6 Å². The molecule has 1 aliphatic rings. The molecule has 2 heterocycles. The van der Waals surface area contributed by atoms with Crippen molar-refractivity contribution in [2.75, 3.05) is 10.0 Å². The zero-order valence-corrected chi connectivity index (χ0v) is 17.6. The Morgan fingerprint density at radius 2 is 1.91 bits per heavy atom. The number of sulfonamides is 1. The van der Waals surface area contributed by atoms with Gasteiger partial charge in [-0.15, -0.1) is 0 Å². The number of halogens is 2. The van der Waals surface area contributed by atoms with Crippen LogP contribution in [0.25, 0.3) is 11.1 Å². The molecule has 1 aliphatic carbocycles. The fourth-order valence-corrected chi connectivity index (χ4v) is 4.20. The van der Waals surface area contributed by atoms with Gasteiger partial charge in [0.25, 0.3) is 10.0 Å². The molecule has 166 valence electrons. The van der Waals surface area contributed by atoms with Crippen molar-refractivity contribution < 1.29 is 22.0 Å². The maximum absolute atomic E-state index is 14.0. The van der Waals surface area contributed by atoms with Crippen LogP contribution in [0.15, 0.2) is 52.3 Å². The van der Waals surface area contributed by atoms with Crippen molar-refractivity contribution in [2.24, 2.45) is 5.92 Å². The maximum atomic E-state index is 14.0. The van der Waals surface area contributed by atoms with E-state index in [0.29, 0.717) is 28.6 Å². The second kappa shape index (κ2) is 8.15. The lowest BCUT2D eigenvalue weighted by Crippen LogP contribution is -2.18. The van der Waals surface area contributed by atoms with E-state index in [1.807, 2.05) is 0 Å². The molecule has 3 aromatic rings. The lowest BCUT2D eigenvalue weighted by molar-refractivity contribution is -0.117. The Morgan fingerprint density at radius 3 is 2.59 bits per heavy atom. The SMILES string of the molecule is Cc1cnc(NC(=O)C2CC2)cc1-c1cc(NS(=O)(=O)c2ccc(F)cc2F)[nH]c(=O)c1. The third kappa shape index (κ3) is 4.67. The van der Waals surface area contributed by atoms with Crippen LogP contribution in [0.1, 0.15) is 18.4 Å². The summed E-state index contributed by atoms with van der Waals surface area (Å²) < 4.78 is 54.3. The quantitative estimate of drug-likeness (QED) is 0.522. The zero-order chi connectivity index (χ0) is 23.0. The predicted molar refractivity (Wildman–Crippen MR) is 114 cm³/mol. The number of aromatic amines is 1. The fraction of sp³-hybridized carbons (Fsp3) is 0.190. The molecule has 1 amide bonds. The molecule has 0 spiro atoms. The van der Waals surface area contributed by atoms with E-state index in [0.717, 1.165) is 25.0 Å². The lowest BCUT2D eigenvalue weighted by Gasteiger charge is -2.12. The number of aromatic nitrogens is 2. The van der Waals surface area contributed by atoms with Gasteiger partial charge in [0.1, 0.15) is 28.2 Å². The second-order valence-corrected chi connectivity index (χ2v) is 9.13. The Balaban J connectivity index is 1.67. The molecular weight excluding hydrogens is 442 g/mol. The molecule has 0 unspecified atom stereocenters. The number of hydrogen-bond acceptors (Lipinski definition) is 5. The van der Waals surface area contributed by atoms with E-state index in [9.17, 15) is 26.8 Å². The fourth-order valence-electron chi connectivity index (χ4n) is 3.12. The molecule has 0 saturated heterocycles. The van der Waals surface area contributed by atoms with E-state index in [2.05, 4.69) is 20.0 Å². The van der Waals surface area contributed by atoms with Crippen LogP contribution in [0.4, 0.5) is 20.4 Å². The number of carbonyl (C=O) groups excluding carboxylic acids is 1. The molecule has 0 aliphatic heterocycles. The first-order valence-corrected chi connectivity index (χ1v) is 11.1. The van der Waals surface area contributed by atoms with Crippen LogP contribution >= 0.6 is 0 Å². The summed E-state index contributed by atoms with van der Waals surface area (Å²) in [5, 5.41) is 2.72. The van der Waals surface area contributed by atoms with Crippen LogP contribution in [0.3, 0.4) is 0 Å². The second-order valence-electron chi connectivity index (χ2n) is 7.48. The molecule has 1 fully saturated rings. The molecule has 0 radical (unpaired) electrons. The predicted octanol–water partition coefficient (Wildman–Crippen LogP) is 3.17. The average molecular weight is 460 g/mol. The number of pyridine rings is 2. The highest BCUT2D eigenvalue weighted by molar-refractivity contribution is 7.92. The number of nitrogens with one attached hydrogen (secondary N) is 3. The van der Waals surface area contributed by atoms with Crippen LogP contribution in [-0.2, 0) is 14.8 Å². The third-order valence-corrected chi connectivity index (χ3v) is 6.28. The van der Waals surface area contributed by atoms with Gasteiger partial charge in [-0.25, -0.2) is 22.2 Å². The van der Waals surface area contributed by atoms with Crippen molar-refractivity contribution in [3.8, 4) is 11.1 Å². The first-order chi connectivity index (χ1) is 15.1. The minimum atomic E-state index is -4.44. The molecule has 2 aromatic heterocycles. The van der Waals surface area contributed by atoms with Gasteiger partial charge in [0.2, 0.25) is 11.5 Å². The molecule has 11 heteroatoms. The number of nitrogens with zero attached hydrogens (tertiary/aromatic N) is 1. The van der Waals surface area contributed by atoms with Crippen molar-refractivity contribution in [1.82, 2.24) is 9.97 Å². The van der Waals surface area contributed by atoms with Gasteiger partial charge in [-0.3, -0.25) is 14.3 Å². The van der Waals surface area contributed by atoms with Crippen molar-refractivity contribution in [2.45, 2.75) is 24.7 Å². The summed E-state index contributed by atoms with van der Waals surface area (Å²) in [6.45, 7) is 1.74. The van der Waals surface area contributed by atoms with Gasteiger partial charge in [0.15, 0.2) is 0 Å². The third-order valence-electron chi connectivity index (χ3n) is 4.89. The van der Waals surface area contributed by atoms with Crippen LogP contribution in [0.5, 0.6) is 0 Å². The van der Waals surface area contributed by atoms with E-state index in [-0.39, 0.29) is 17.6 Å². The number of benzene rings is 1. The number of amides is 1. The Kier molecular flexibility index (Phi) is 5.51. The number of hydrogen-bond donors (Lipinski definition) is 3. The maximum Gasteiger partial charge on any atom is 0.265 e. The Hall–Kier alpha value is -3.60. The zero-order valence-electron chi connectivity index (χ0n) is 16.8. The van der Waals surface area contributed by atoms with Gasteiger partial charge in [0, 0.05) is 24.2 Å². The first-order valence-electron chi connectivity index (χ1n) is 9.62. The van der Waals surface area contributed by atoms with Gasteiger partial charge in [-0.05, 0) is 60.7 Å². The van der Waals surface area contributed by atoms with Gasteiger partial charge < -0.3 is 10.3 Å². The normalized spacial score (nSPS) is 13.6. The van der Waals surface area contributed by atoms with Gasteiger partial charge in [-0.1, -0.05) is 0 Å². The summed E-state index contributed by atoms with van der Waals surface area (Å²) in [7, 11) is -4.44. The van der Waals surface area contributed by atoms with Crippen molar-refractivity contribution in [3.63, 3.8) is 0 Å². The van der Waals surface area contributed by atoms with Crippen LogP contribution in [0.2, 0.25) is 0 Å². The van der Waals surface area contributed by atoms with E-state index in [1.54, 1.807) is 13.0 Å². The number of aryl methyl sites for hydroxylation is 1. The van der Waals surface area contributed by atoms with Crippen LogP contribution in [-0.4, -0.2) is 24.3 Å². The molecule has 1 aromatic carbocycles. The summed E-state index contributed by atoms with van der Waals surface area (Å²) in [6.07, 6.45) is 3.18. The Bertz CT molecular complexity index is 1380. The van der Waals surface area contributed by atoms with Crippen molar-refractivity contribution >= 4 is 27.6 Å².